The van der Waals surface area contributed by atoms with E-state index in [1.807, 2.05) is 45.9 Å². The summed E-state index contributed by atoms with van der Waals surface area (Å²) in [4.78, 5) is 13.7. The van der Waals surface area contributed by atoms with E-state index in [4.69, 9.17) is 9.47 Å². The summed E-state index contributed by atoms with van der Waals surface area (Å²) in [6.07, 6.45) is 0.243. The van der Waals surface area contributed by atoms with Crippen molar-refractivity contribution in [1.29, 1.82) is 0 Å². The summed E-state index contributed by atoms with van der Waals surface area (Å²) < 4.78 is 12.7. The fraction of sp³-hybridized carbons (Fsp3) is 0.611. The van der Waals surface area contributed by atoms with Gasteiger partial charge in [-0.05, 0) is 41.4 Å². The molecule has 1 aliphatic rings. The predicted molar refractivity (Wildman–Crippen MR) is 97.5 cm³/mol. The summed E-state index contributed by atoms with van der Waals surface area (Å²) in [6, 6.07) is 8.08. The Morgan fingerprint density at radius 3 is 2.48 bits per heavy atom. The van der Waals surface area contributed by atoms with Crippen LogP contribution < -0.4 is 0 Å². The summed E-state index contributed by atoms with van der Waals surface area (Å²) in [5.74, 6) is -0.397. The fourth-order valence-corrected chi connectivity index (χ4v) is 4.51. The number of ether oxygens (including phenoxy) is 2. The van der Waals surface area contributed by atoms with Crippen molar-refractivity contribution in [1.82, 2.24) is 0 Å². The van der Waals surface area contributed by atoms with Gasteiger partial charge in [0.25, 0.3) is 0 Å². The van der Waals surface area contributed by atoms with E-state index in [9.17, 15) is 4.79 Å². The lowest BCUT2D eigenvalue weighted by molar-refractivity contribution is -0.253. The molecule has 0 radical (unpaired) electrons. The molecule has 0 N–H and O–H groups in total. The minimum atomic E-state index is -0.479. The van der Waals surface area contributed by atoms with Gasteiger partial charge in [0.1, 0.15) is 0 Å². The highest BCUT2D eigenvalue weighted by Crippen LogP contribution is 2.40. The molecule has 0 bridgehead atoms. The normalized spacial score (nSPS) is 26.7. The molecule has 4 atom stereocenters. The lowest BCUT2D eigenvalue weighted by Gasteiger charge is -2.41. The van der Waals surface area contributed by atoms with Crippen molar-refractivity contribution in [3.8, 4) is 0 Å². The van der Waals surface area contributed by atoms with Gasteiger partial charge in [-0.2, -0.15) is 0 Å². The molecule has 1 fully saturated rings. The van der Waals surface area contributed by atoms with Gasteiger partial charge in [-0.25, -0.2) is 0 Å². The molecule has 1 saturated heterocycles. The average molecular weight is 401 g/mol. The molecule has 0 aromatic heterocycles. The standard InChI is InChI=1S/C18H25BrO3S/c1-6-13(23-14-10-8-7-9-12(14)19)15-11(2)21-17(18(3,4)5)22-16(15)20/h7-11,13,15,17H,6H2,1-5H3/t11-,13+,15+,17-/m1/s1. The van der Waals surface area contributed by atoms with Crippen molar-refractivity contribution in [3.63, 3.8) is 0 Å². The van der Waals surface area contributed by atoms with E-state index >= 15 is 0 Å². The first-order valence-corrected chi connectivity index (χ1v) is 9.68. The summed E-state index contributed by atoms with van der Waals surface area (Å²) in [7, 11) is 0. The fourth-order valence-electron chi connectivity index (χ4n) is 2.63. The lowest BCUT2D eigenvalue weighted by atomic mass is 9.92. The summed E-state index contributed by atoms with van der Waals surface area (Å²) in [6.45, 7) is 10.1. The van der Waals surface area contributed by atoms with E-state index < -0.39 is 6.29 Å². The van der Waals surface area contributed by atoms with Crippen LogP contribution in [-0.2, 0) is 14.3 Å². The van der Waals surface area contributed by atoms with Crippen LogP contribution in [0.3, 0.4) is 0 Å². The van der Waals surface area contributed by atoms with Crippen LogP contribution >= 0.6 is 27.7 Å². The number of hydrogen-bond acceptors (Lipinski definition) is 4. The first kappa shape index (κ1) is 18.8. The van der Waals surface area contributed by atoms with Crippen molar-refractivity contribution < 1.29 is 14.3 Å². The molecule has 0 amide bonds. The largest absolute Gasteiger partial charge is 0.435 e. The van der Waals surface area contributed by atoms with Gasteiger partial charge in [-0.15, -0.1) is 11.8 Å². The van der Waals surface area contributed by atoms with E-state index in [1.54, 1.807) is 11.8 Å². The highest BCUT2D eigenvalue weighted by molar-refractivity contribution is 9.10. The van der Waals surface area contributed by atoms with Crippen molar-refractivity contribution in [2.24, 2.45) is 11.3 Å². The van der Waals surface area contributed by atoms with Crippen LogP contribution in [0.1, 0.15) is 41.0 Å². The Bertz CT molecular complexity index is 555. The monoisotopic (exact) mass is 400 g/mol. The summed E-state index contributed by atoms with van der Waals surface area (Å²) in [5.41, 5.74) is -0.216. The van der Waals surface area contributed by atoms with Crippen LogP contribution in [-0.4, -0.2) is 23.6 Å². The van der Waals surface area contributed by atoms with Gasteiger partial charge in [0.15, 0.2) is 0 Å². The van der Waals surface area contributed by atoms with Gasteiger partial charge in [0.2, 0.25) is 6.29 Å². The van der Waals surface area contributed by atoms with E-state index in [1.165, 1.54) is 0 Å². The molecule has 1 heterocycles. The molecule has 128 valence electrons. The SMILES string of the molecule is CC[C@H](Sc1ccccc1Br)[C@H]1C(=O)O[C@H](C(C)(C)C)O[C@@H]1C. The molecule has 0 aliphatic carbocycles. The Balaban J connectivity index is 2.15. The zero-order chi connectivity index (χ0) is 17.2. The third kappa shape index (κ3) is 4.52. The number of thioether (sulfide) groups is 1. The van der Waals surface area contributed by atoms with Gasteiger partial charge in [-0.3, -0.25) is 4.79 Å². The maximum Gasteiger partial charge on any atom is 0.315 e. The van der Waals surface area contributed by atoms with E-state index in [0.29, 0.717) is 0 Å². The minimum Gasteiger partial charge on any atom is -0.435 e. The molecule has 1 aromatic rings. The quantitative estimate of drug-likeness (QED) is 0.509. The molecular weight excluding hydrogens is 376 g/mol. The molecule has 0 saturated carbocycles. The highest BCUT2D eigenvalue weighted by Gasteiger charge is 2.45. The van der Waals surface area contributed by atoms with E-state index in [-0.39, 0.29) is 28.7 Å². The Morgan fingerprint density at radius 2 is 1.96 bits per heavy atom. The third-order valence-corrected chi connectivity index (χ3v) is 6.46. The predicted octanol–water partition coefficient (Wildman–Crippen LogP) is 5.27. The van der Waals surface area contributed by atoms with Gasteiger partial charge < -0.3 is 9.47 Å². The topological polar surface area (TPSA) is 35.5 Å². The maximum atomic E-state index is 12.6. The highest BCUT2D eigenvalue weighted by atomic mass is 79.9. The van der Waals surface area contributed by atoms with E-state index in [2.05, 4.69) is 28.9 Å². The first-order valence-electron chi connectivity index (χ1n) is 8.01. The molecule has 3 nitrogen and oxygen atoms in total. The van der Waals surface area contributed by atoms with Crippen LogP contribution in [0.2, 0.25) is 0 Å². The van der Waals surface area contributed by atoms with Crippen molar-refractivity contribution in [3.05, 3.63) is 28.7 Å². The zero-order valence-corrected chi connectivity index (χ0v) is 16.7. The molecule has 2 rings (SSSR count). The number of rotatable bonds is 4. The number of carbonyl (C=O) groups excluding carboxylic acids is 1. The van der Waals surface area contributed by atoms with E-state index in [0.717, 1.165) is 15.8 Å². The molecule has 5 heteroatoms. The molecule has 23 heavy (non-hydrogen) atoms. The minimum absolute atomic E-state index is 0.122. The van der Waals surface area contributed by atoms with Crippen LogP contribution in [0.5, 0.6) is 0 Å². The molecule has 1 aromatic carbocycles. The van der Waals surface area contributed by atoms with Crippen LogP contribution in [0.15, 0.2) is 33.6 Å². The second-order valence-corrected chi connectivity index (χ2v) is 9.13. The van der Waals surface area contributed by atoms with Gasteiger partial charge in [0.05, 0.1) is 12.0 Å². The van der Waals surface area contributed by atoms with Crippen molar-refractivity contribution >= 4 is 33.7 Å². The summed E-state index contributed by atoms with van der Waals surface area (Å²) in [5, 5.41) is 0.122. The molecular formula is C18H25BrO3S. The van der Waals surface area contributed by atoms with Gasteiger partial charge >= 0.3 is 5.97 Å². The molecule has 0 spiro atoms. The van der Waals surface area contributed by atoms with Crippen LogP contribution in [0, 0.1) is 11.3 Å². The van der Waals surface area contributed by atoms with Crippen molar-refractivity contribution in [2.75, 3.05) is 0 Å². The second-order valence-electron chi connectivity index (χ2n) is 7.00. The Hall–Kier alpha value is -0.520. The van der Waals surface area contributed by atoms with Crippen LogP contribution in [0.4, 0.5) is 0 Å². The number of benzene rings is 1. The smallest absolute Gasteiger partial charge is 0.315 e. The zero-order valence-electron chi connectivity index (χ0n) is 14.3. The second kappa shape index (κ2) is 7.58. The number of esters is 1. The lowest BCUT2D eigenvalue weighted by Crippen LogP contribution is -2.50. The first-order chi connectivity index (χ1) is 10.7. The number of cyclic esters (lactones) is 1. The van der Waals surface area contributed by atoms with Crippen LogP contribution in [0.25, 0.3) is 0 Å². The maximum absolute atomic E-state index is 12.6. The Labute approximate surface area is 151 Å². The Morgan fingerprint density at radius 1 is 1.30 bits per heavy atom. The van der Waals surface area contributed by atoms with Crippen molar-refractivity contribution in [2.45, 2.75) is 63.6 Å². The average Bonchev–Trinajstić information content (AvgIpc) is 2.46. The number of halogens is 1. The Kier molecular flexibility index (Phi) is 6.20. The number of carbonyl (C=O) groups is 1. The molecule has 1 aliphatic heterocycles. The third-order valence-electron chi connectivity index (χ3n) is 3.96. The number of hydrogen-bond donors (Lipinski definition) is 0. The molecule has 0 unspecified atom stereocenters. The van der Waals surface area contributed by atoms with Gasteiger partial charge in [0, 0.05) is 20.0 Å². The van der Waals surface area contributed by atoms with Gasteiger partial charge in [-0.1, -0.05) is 39.8 Å². The summed E-state index contributed by atoms with van der Waals surface area (Å²) >= 11 is 5.29.